The summed E-state index contributed by atoms with van der Waals surface area (Å²) in [5.74, 6) is 0.214. The summed E-state index contributed by atoms with van der Waals surface area (Å²) >= 11 is 0. The lowest BCUT2D eigenvalue weighted by Crippen LogP contribution is -2.48. The van der Waals surface area contributed by atoms with E-state index in [1.54, 1.807) is 4.90 Å². The van der Waals surface area contributed by atoms with Crippen molar-refractivity contribution >= 4 is 17.9 Å². The highest BCUT2D eigenvalue weighted by Crippen LogP contribution is 2.38. The maximum absolute atomic E-state index is 13.1. The molecule has 1 amide bonds. The number of benzene rings is 1. The predicted molar refractivity (Wildman–Crippen MR) is 89.0 cm³/mol. The number of rotatable bonds is 3. The van der Waals surface area contributed by atoms with E-state index in [-0.39, 0.29) is 23.0 Å². The van der Waals surface area contributed by atoms with Crippen molar-refractivity contribution < 1.29 is 27.2 Å². The number of halogens is 3. The number of amides is 1. The Labute approximate surface area is 148 Å². The molecule has 1 aromatic heterocycles. The van der Waals surface area contributed by atoms with Gasteiger partial charge in [0.05, 0.1) is 5.56 Å². The molecular formula is C18H17F3N2O3. The number of piperazine rings is 1. The quantitative estimate of drug-likeness (QED) is 0.781. The van der Waals surface area contributed by atoms with E-state index in [0.717, 1.165) is 12.1 Å². The fourth-order valence-electron chi connectivity index (χ4n) is 3.01. The highest BCUT2D eigenvalue weighted by Gasteiger charge is 2.32. The predicted octanol–water partition coefficient (Wildman–Crippen LogP) is 3.45. The van der Waals surface area contributed by atoms with Crippen LogP contribution in [0, 0.1) is 0 Å². The molecule has 0 bridgehead atoms. The molecule has 1 fully saturated rings. The number of nitrogens with zero attached hydrogens (tertiary/aromatic N) is 2. The first-order chi connectivity index (χ1) is 12.3. The molecule has 8 heteroatoms. The van der Waals surface area contributed by atoms with Crippen molar-refractivity contribution in [2.75, 3.05) is 31.1 Å². The van der Waals surface area contributed by atoms with Gasteiger partial charge in [0, 0.05) is 44.4 Å². The third-order valence-corrected chi connectivity index (χ3v) is 4.40. The minimum Gasteiger partial charge on any atom is -0.453 e. The SMILES string of the molecule is CC(=O)N1CCN(c2ccc(C(F)(F)F)cc2-c2ccc(C=O)o2)CC1. The fourth-order valence-corrected chi connectivity index (χ4v) is 3.01. The lowest BCUT2D eigenvalue weighted by molar-refractivity contribution is -0.137. The van der Waals surface area contributed by atoms with Gasteiger partial charge >= 0.3 is 6.18 Å². The van der Waals surface area contributed by atoms with Crippen LogP contribution in [-0.2, 0) is 11.0 Å². The Kier molecular flexibility index (Phi) is 4.76. The number of alkyl halides is 3. The zero-order valence-electron chi connectivity index (χ0n) is 14.0. The Hall–Kier alpha value is -2.77. The highest BCUT2D eigenvalue weighted by atomic mass is 19.4. The number of aldehydes is 1. The van der Waals surface area contributed by atoms with Gasteiger partial charge < -0.3 is 14.2 Å². The molecule has 0 aliphatic carbocycles. The van der Waals surface area contributed by atoms with Gasteiger partial charge in [-0.3, -0.25) is 9.59 Å². The van der Waals surface area contributed by atoms with Gasteiger partial charge in [-0.05, 0) is 30.3 Å². The third kappa shape index (κ3) is 3.58. The molecule has 2 heterocycles. The maximum Gasteiger partial charge on any atom is 0.416 e. The van der Waals surface area contributed by atoms with Crippen LogP contribution in [0.5, 0.6) is 0 Å². The Morgan fingerprint density at radius 2 is 1.81 bits per heavy atom. The Morgan fingerprint density at radius 3 is 2.35 bits per heavy atom. The molecule has 1 aliphatic heterocycles. The first kappa shape index (κ1) is 18.0. The summed E-state index contributed by atoms with van der Waals surface area (Å²) in [7, 11) is 0. The van der Waals surface area contributed by atoms with Crippen molar-refractivity contribution in [1.82, 2.24) is 4.90 Å². The average Bonchev–Trinajstić information content (AvgIpc) is 3.09. The van der Waals surface area contributed by atoms with Crippen molar-refractivity contribution in [3.8, 4) is 11.3 Å². The molecule has 2 aromatic rings. The second-order valence-electron chi connectivity index (χ2n) is 6.04. The van der Waals surface area contributed by atoms with Crippen LogP contribution in [-0.4, -0.2) is 43.3 Å². The zero-order valence-corrected chi connectivity index (χ0v) is 14.0. The summed E-state index contributed by atoms with van der Waals surface area (Å²) < 4.78 is 44.7. The van der Waals surface area contributed by atoms with E-state index < -0.39 is 11.7 Å². The summed E-state index contributed by atoms with van der Waals surface area (Å²) in [6.45, 7) is 3.47. The van der Waals surface area contributed by atoms with E-state index in [1.807, 2.05) is 4.90 Å². The number of carbonyl (C=O) groups is 2. The molecule has 0 unspecified atom stereocenters. The van der Waals surface area contributed by atoms with Crippen LogP contribution < -0.4 is 4.90 Å². The van der Waals surface area contributed by atoms with Gasteiger partial charge in [0.15, 0.2) is 12.0 Å². The van der Waals surface area contributed by atoms with Gasteiger partial charge in [0.1, 0.15) is 5.76 Å². The Bertz CT molecular complexity index is 821. The summed E-state index contributed by atoms with van der Waals surface area (Å²) in [5.41, 5.74) is 0.0554. The molecule has 1 aliphatic rings. The minimum atomic E-state index is -4.49. The summed E-state index contributed by atoms with van der Waals surface area (Å²) in [6.07, 6.45) is -3.98. The van der Waals surface area contributed by atoms with Gasteiger partial charge in [0.25, 0.3) is 0 Å². The Balaban J connectivity index is 1.99. The van der Waals surface area contributed by atoms with Crippen LogP contribution in [0.2, 0.25) is 0 Å². The maximum atomic E-state index is 13.1. The fraction of sp³-hybridized carbons (Fsp3) is 0.333. The van der Waals surface area contributed by atoms with Gasteiger partial charge in [-0.2, -0.15) is 13.2 Å². The smallest absolute Gasteiger partial charge is 0.416 e. The number of hydrogen-bond donors (Lipinski definition) is 0. The second-order valence-corrected chi connectivity index (χ2v) is 6.04. The molecule has 0 saturated carbocycles. The number of furan rings is 1. The topological polar surface area (TPSA) is 53.8 Å². The molecule has 5 nitrogen and oxygen atoms in total. The van der Waals surface area contributed by atoms with Crippen LogP contribution in [0.3, 0.4) is 0 Å². The standard InChI is InChI=1S/C18H17F3N2O3/c1-12(25)22-6-8-23(9-7-22)16-4-2-13(18(19,20)21)10-15(16)17-5-3-14(11-24)26-17/h2-5,10-11H,6-9H2,1H3. The largest absolute Gasteiger partial charge is 0.453 e. The zero-order chi connectivity index (χ0) is 18.9. The first-order valence-corrected chi connectivity index (χ1v) is 8.06. The van der Waals surface area contributed by atoms with Crippen molar-refractivity contribution in [2.24, 2.45) is 0 Å². The molecule has 0 atom stereocenters. The second kappa shape index (κ2) is 6.86. The molecule has 3 rings (SSSR count). The molecule has 0 radical (unpaired) electrons. The van der Waals surface area contributed by atoms with Crippen LogP contribution in [0.25, 0.3) is 11.3 Å². The number of hydrogen-bond acceptors (Lipinski definition) is 4. The van der Waals surface area contributed by atoms with Gasteiger partial charge in [-0.25, -0.2) is 0 Å². The number of anilines is 1. The van der Waals surface area contributed by atoms with E-state index >= 15 is 0 Å². The van der Waals surface area contributed by atoms with E-state index in [4.69, 9.17) is 4.42 Å². The minimum absolute atomic E-state index is 0.0287. The third-order valence-electron chi connectivity index (χ3n) is 4.40. The molecule has 26 heavy (non-hydrogen) atoms. The van der Waals surface area contributed by atoms with Crippen molar-refractivity contribution in [3.05, 3.63) is 41.7 Å². The van der Waals surface area contributed by atoms with Crippen LogP contribution in [0.1, 0.15) is 23.0 Å². The molecule has 1 aromatic carbocycles. The lowest BCUT2D eigenvalue weighted by atomic mass is 10.0. The van der Waals surface area contributed by atoms with Crippen LogP contribution in [0.15, 0.2) is 34.7 Å². The summed E-state index contributed by atoms with van der Waals surface area (Å²) in [4.78, 5) is 25.9. The van der Waals surface area contributed by atoms with Crippen LogP contribution >= 0.6 is 0 Å². The van der Waals surface area contributed by atoms with E-state index in [1.165, 1.54) is 25.1 Å². The molecule has 1 saturated heterocycles. The molecule has 0 spiro atoms. The van der Waals surface area contributed by atoms with Gasteiger partial charge in [-0.15, -0.1) is 0 Å². The van der Waals surface area contributed by atoms with E-state index in [0.29, 0.717) is 38.2 Å². The highest BCUT2D eigenvalue weighted by molar-refractivity contribution is 5.80. The average molecular weight is 366 g/mol. The lowest BCUT2D eigenvalue weighted by Gasteiger charge is -2.36. The summed E-state index contributed by atoms with van der Waals surface area (Å²) in [5, 5.41) is 0. The number of carbonyl (C=O) groups excluding carboxylic acids is 2. The first-order valence-electron chi connectivity index (χ1n) is 8.06. The van der Waals surface area contributed by atoms with Crippen molar-refractivity contribution in [2.45, 2.75) is 13.1 Å². The van der Waals surface area contributed by atoms with E-state index in [9.17, 15) is 22.8 Å². The van der Waals surface area contributed by atoms with Gasteiger partial charge in [-0.1, -0.05) is 0 Å². The Morgan fingerprint density at radius 1 is 1.12 bits per heavy atom. The molecule has 138 valence electrons. The van der Waals surface area contributed by atoms with E-state index in [2.05, 4.69) is 0 Å². The summed E-state index contributed by atoms with van der Waals surface area (Å²) in [6, 6.07) is 6.36. The molecular weight excluding hydrogens is 349 g/mol. The van der Waals surface area contributed by atoms with Crippen molar-refractivity contribution in [3.63, 3.8) is 0 Å². The monoisotopic (exact) mass is 366 g/mol. The van der Waals surface area contributed by atoms with Crippen LogP contribution in [0.4, 0.5) is 18.9 Å². The van der Waals surface area contributed by atoms with Crippen molar-refractivity contribution in [1.29, 1.82) is 0 Å². The van der Waals surface area contributed by atoms with Gasteiger partial charge in [0.2, 0.25) is 5.91 Å². The molecule has 0 N–H and O–H groups in total. The normalized spacial score (nSPS) is 15.2.